The van der Waals surface area contributed by atoms with E-state index in [9.17, 15) is 18.3 Å². The van der Waals surface area contributed by atoms with Crippen LogP contribution in [0.4, 0.5) is 0 Å². The van der Waals surface area contributed by atoms with Crippen LogP contribution in [0.2, 0.25) is 0 Å². The number of sulfone groups is 1. The Hall–Kier alpha value is -1.45. The van der Waals surface area contributed by atoms with Gasteiger partial charge in [0.05, 0.1) is 24.2 Å². The average molecular weight is 397 g/mol. The third-order valence-corrected chi connectivity index (χ3v) is 7.81. The van der Waals surface area contributed by atoms with Crippen molar-refractivity contribution in [3.63, 3.8) is 0 Å². The molecule has 8 nitrogen and oxygen atoms in total. The van der Waals surface area contributed by atoms with Crippen molar-refractivity contribution in [3.05, 3.63) is 17.5 Å². The minimum absolute atomic E-state index is 0.0122. The number of ether oxygens (including phenoxy) is 1. The first-order chi connectivity index (χ1) is 12.9. The molecule has 2 aliphatic heterocycles. The standard InChI is InChI=1S/C18H27N3O5S/c22-12-18(4-6-26-7-5-18)11-19-17(23)15-9-16(13-1-2-13)21(20-15)14-3-8-27(24,25)10-14/h9,13-14,22H,1-8,10-12H2,(H,19,23). The summed E-state index contributed by atoms with van der Waals surface area (Å²) < 4.78 is 30.8. The second-order valence-corrected chi connectivity index (χ2v) is 10.4. The van der Waals surface area contributed by atoms with Crippen LogP contribution in [0.15, 0.2) is 6.07 Å². The van der Waals surface area contributed by atoms with Crippen molar-refractivity contribution in [2.75, 3.05) is 37.9 Å². The Morgan fingerprint density at radius 1 is 1.33 bits per heavy atom. The average Bonchev–Trinajstić information content (AvgIpc) is 3.31. The molecule has 150 valence electrons. The van der Waals surface area contributed by atoms with E-state index in [4.69, 9.17) is 4.74 Å². The first-order valence-corrected chi connectivity index (χ1v) is 11.5. The van der Waals surface area contributed by atoms with Gasteiger partial charge in [0, 0.05) is 36.8 Å². The molecule has 1 saturated carbocycles. The van der Waals surface area contributed by atoms with Gasteiger partial charge in [-0.05, 0) is 38.2 Å². The van der Waals surface area contributed by atoms with E-state index >= 15 is 0 Å². The molecular weight excluding hydrogens is 370 g/mol. The zero-order chi connectivity index (χ0) is 19.1. The van der Waals surface area contributed by atoms with Crippen molar-refractivity contribution in [2.45, 2.75) is 44.1 Å². The molecule has 0 spiro atoms. The molecule has 0 aromatic carbocycles. The van der Waals surface area contributed by atoms with Crippen LogP contribution in [0.5, 0.6) is 0 Å². The Balaban J connectivity index is 1.48. The molecule has 1 aromatic heterocycles. The number of nitrogens with zero attached hydrogens (tertiary/aromatic N) is 2. The number of aliphatic hydroxyl groups is 1. The van der Waals surface area contributed by atoms with Gasteiger partial charge >= 0.3 is 0 Å². The largest absolute Gasteiger partial charge is 0.396 e. The first-order valence-electron chi connectivity index (χ1n) is 9.68. The van der Waals surface area contributed by atoms with Gasteiger partial charge in [-0.25, -0.2) is 8.42 Å². The van der Waals surface area contributed by atoms with Crippen LogP contribution in [0, 0.1) is 5.41 Å². The second kappa shape index (κ2) is 7.18. The topological polar surface area (TPSA) is 111 Å². The molecule has 0 bridgehead atoms. The van der Waals surface area contributed by atoms with Crippen molar-refractivity contribution < 1.29 is 23.1 Å². The summed E-state index contributed by atoms with van der Waals surface area (Å²) in [6.07, 6.45) is 4.09. The molecular formula is C18H27N3O5S. The van der Waals surface area contributed by atoms with E-state index in [2.05, 4.69) is 10.4 Å². The second-order valence-electron chi connectivity index (χ2n) is 8.18. The minimum atomic E-state index is -3.01. The lowest BCUT2D eigenvalue weighted by molar-refractivity contribution is -0.0146. The summed E-state index contributed by atoms with van der Waals surface area (Å²) in [6, 6.07) is 1.64. The van der Waals surface area contributed by atoms with E-state index in [-0.39, 0.29) is 35.5 Å². The van der Waals surface area contributed by atoms with E-state index in [1.54, 1.807) is 4.68 Å². The summed E-state index contributed by atoms with van der Waals surface area (Å²) in [4.78, 5) is 12.7. The van der Waals surface area contributed by atoms with Gasteiger partial charge in [-0.15, -0.1) is 0 Å². The fourth-order valence-corrected chi connectivity index (χ4v) is 5.71. The van der Waals surface area contributed by atoms with Crippen LogP contribution in [0.3, 0.4) is 0 Å². The van der Waals surface area contributed by atoms with Gasteiger partial charge in [-0.1, -0.05) is 0 Å². The van der Waals surface area contributed by atoms with Crippen LogP contribution >= 0.6 is 0 Å². The van der Waals surface area contributed by atoms with Gasteiger partial charge in [0.25, 0.3) is 5.91 Å². The van der Waals surface area contributed by atoms with Crippen molar-refractivity contribution in [2.24, 2.45) is 5.41 Å². The smallest absolute Gasteiger partial charge is 0.271 e. The van der Waals surface area contributed by atoms with Gasteiger partial charge in [-0.3, -0.25) is 9.48 Å². The fraction of sp³-hybridized carbons (Fsp3) is 0.778. The van der Waals surface area contributed by atoms with Crippen LogP contribution in [-0.2, 0) is 14.6 Å². The Labute approximate surface area is 159 Å². The van der Waals surface area contributed by atoms with Crippen molar-refractivity contribution in [1.82, 2.24) is 15.1 Å². The predicted molar refractivity (Wildman–Crippen MR) is 98.4 cm³/mol. The summed E-state index contributed by atoms with van der Waals surface area (Å²) in [7, 11) is -3.01. The van der Waals surface area contributed by atoms with Crippen LogP contribution in [-0.4, -0.2) is 67.1 Å². The number of carbonyl (C=O) groups is 1. The number of nitrogens with one attached hydrogen (secondary N) is 1. The molecule has 3 aliphatic rings. The molecule has 2 saturated heterocycles. The molecule has 1 aliphatic carbocycles. The van der Waals surface area contributed by atoms with Crippen LogP contribution in [0.25, 0.3) is 0 Å². The number of amides is 1. The molecule has 27 heavy (non-hydrogen) atoms. The van der Waals surface area contributed by atoms with Crippen molar-refractivity contribution in [1.29, 1.82) is 0 Å². The summed E-state index contributed by atoms with van der Waals surface area (Å²) in [5.74, 6) is 0.394. The lowest BCUT2D eigenvalue weighted by atomic mass is 9.81. The van der Waals surface area contributed by atoms with E-state index in [1.807, 2.05) is 6.07 Å². The van der Waals surface area contributed by atoms with Gasteiger partial charge in [-0.2, -0.15) is 5.10 Å². The highest BCUT2D eigenvalue weighted by atomic mass is 32.2. The van der Waals surface area contributed by atoms with Gasteiger partial charge < -0.3 is 15.2 Å². The Kier molecular flexibility index (Phi) is 5.02. The maximum absolute atomic E-state index is 12.7. The lowest BCUT2D eigenvalue weighted by Crippen LogP contribution is -2.43. The van der Waals surface area contributed by atoms with Gasteiger partial charge in [0.15, 0.2) is 9.84 Å². The molecule has 1 amide bonds. The highest BCUT2D eigenvalue weighted by molar-refractivity contribution is 7.91. The minimum Gasteiger partial charge on any atom is -0.396 e. The summed E-state index contributed by atoms with van der Waals surface area (Å²) in [6.45, 7) is 1.58. The fourth-order valence-electron chi connectivity index (χ4n) is 4.02. The van der Waals surface area contributed by atoms with E-state index in [1.165, 1.54) is 0 Å². The normalized spacial score (nSPS) is 26.8. The Morgan fingerprint density at radius 3 is 2.67 bits per heavy atom. The number of aromatic nitrogens is 2. The molecule has 4 rings (SSSR count). The molecule has 1 atom stereocenters. The predicted octanol–water partition coefficient (Wildman–Crippen LogP) is 0.639. The van der Waals surface area contributed by atoms with E-state index in [0.717, 1.165) is 18.5 Å². The highest BCUT2D eigenvalue weighted by Crippen LogP contribution is 2.42. The molecule has 3 heterocycles. The molecule has 2 N–H and O–H groups in total. The quantitative estimate of drug-likeness (QED) is 0.729. The van der Waals surface area contributed by atoms with Crippen molar-refractivity contribution in [3.8, 4) is 0 Å². The zero-order valence-electron chi connectivity index (χ0n) is 15.4. The number of aliphatic hydroxyl groups excluding tert-OH is 1. The Morgan fingerprint density at radius 2 is 2.07 bits per heavy atom. The van der Waals surface area contributed by atoms with Gasteiger partial charge in [0.2, 0.25) is 0 Å². The summed E-state index contributed by atoms with van der Waals surface area (Å²) in [5.41, 5.74) is 0.974. The first kappa shape index (κ1) is 18.9. The zero-order valence-corrected chi connectivity index (χ0v) is 16.2. The maximum atomic E-state index is 12.7. The Bertz CT molecular complexity index is 809. The van der Waals surface area contributed by atoms with Crippen molar-refractivity contribution >= 4 is 15.7 Å². The molecule has 1 unspecified atom stereocenters. The number of rotatable bonds is 6. The van der Waals surface area contributed by atoms with E-state index in [0.29, 0.717) is 50.6 Å². The third-order valence-electron chi connectivity index (χ3n) is 6.06. The molecule has 3 fully saturated rings. The summed E-state index contributed by atoms with van der Waals surface area (Å²) in [5, 5.41) is 17.2. The van der Waals surface area contributed by atoms with E-state index < -0.39 is 9.84 Å². The molecule has 1 aromatic rings. The molecule has 0 radical (unpaired) electrons. The SMILES string of the molecule is O=C(NCC1(CO)CCOCC1)c1cc(C2CC2)n(C2CCS(=O)(=O)C2)n1. The van der Waals surface area contributed by atoms with Crippen LogP contribution in [0.1, 0.15) is 60.2 Å². The lowest BCUT2D eigenvalue weighted by Gasteiger charge is -2.35. The maximum Gasteiger partial charge on any atom is 0.271 e. The number of carbonyl (C=O) groups excluding carboxylic acids is 1. The third kappa shape index (κ3) is 4.05. The molecule has 9 heteroatoms. The van der Waals surface area contributed by atoms with Crippen LogP contribution < -0.4 is 5.32 Å². The van der Waals surface area contributed by atoms with Gasteiger partial charge in [0.1, 0.15) is 5.69 Å². The number of hydrogen-bond acceptors (Lipinski definition) is 6. The number of hydrogen-bond donors (Lipinski definition) is 2. The monoisotopic (exact) mass is 397 g/mol. The summed E-state index contributed by atoms with van der Waals surface area (Å²) >= 11 is 0. The highest BCUT2D eigenvalue weighted by Gasteiger charge is 2.37.